The highest BCUT2D eigenvalue weighted by Gasteiger charge is 2.49. The first kappa shape index (κ1) is 15.5. The van der Waals surface area contributed by atoms with Crippen molar-refractivity contribution in [2.45, 2.75) is 32.4 Å². The molecular weight excluding hydrogens is 271 g/mol. The highest BCUT2D eigenvalue weighted by atomic mass is 19.1. The SMILES string of the molecule is CC(C)C1C(=O)NC(C)(c2ccccc2)C(=O)N1CCF. The number of nitrogens with zero attached hydrogens (tertiary/aromatic N) is 1. The van der Waals surface area contributed by atoms with Gasteiger partial charge in [-0.3, -0.25) is 9.59 Å². The predicted octanol–water partition coefficient (Wildman–Crippen LogP) is 1.85. The van der Waals surface area contributed by atoms with Crippen LogP contribution < -0.4 is 5.32 Å². The molecule has 0 bridgehead atoms. The molecule has 114 valence electrons. The normalized spacial score (nSPS) is 26.1. The molecule has 1 fully saturated rings. The zero-order valence-electron chi connectivity index (χ0n) is 12.6. The topological polar surface area (TPSA) is 49.4 Å². The van der Waals surface area contributed by atoms with E-state index in [2.05, 4.69) is 5.32 Å². The molecule has 5 heteroatoms. The summed E-state index contributed by atoms with van der Waals surface area (Å²) in [6, 6.07) is 8.44. The van der Waals surface area contributed by atoms with Crippen molar-refractivity contribution in [3.8, 4) is 0 Å². The number of benzene rings is 1. The van der Waals surface area contributed by atoms with Gasteiger partial charge in [-0.2, -0.15) is 0 Å². The fourth-order valence-corrected chi connectivity index (χ4v) is 2.89. The highest BCUT2D eigenvalue weighted by molar-refractivity contribution is 6.00. The molecule has 0 radical (unpaired) electrons. The molecule has 1 aromatic carbocycles. The van der Waals surface area contributed by atoms with E-state index in [1.54, 1.807) is 19.1 Å². The van der Waals surface area contributed by atoms with Crippen LogP contribution in [0.3, 0.4) is 0 Å². The first-order chi connectivity index (χ1) is 9.91. The Kier molecular flexibility index (Phi) is 4.30. The number of carbonyl (C=O) groups excluding carboxylic acids is 2. The predicted molar refractivity (Wildman–Crippen MR) is 78.3 cm³/mol. The third-order valence-electron chi connectivity index (χ3n) is 3.97. The van der Waals surface area contributed by atoms with Crippen LogP contribution in [0.2, 0.25) is 0 Å². The fraction of sp³-hybridized carbons (Fsp3) is 0.500. The molecule has 0 spiro atoms. The van der Waals surface area contributed by atoms with Gasteiger partial charge in [0.25, 0.3) is 5.91 Å². The van der Waals surface area contributed by atoms with Gasteiger partial charge in [0.1, 0.15) is 18.3 Å². The van der Waals surface area contributed by atoms with Gasteiger partial charge in [0.2, 0.25) is 5.91 Å². The lowest BCUT2D eigenvalue weighted by Crippen LogP contribution is -2.69. The van der Waals surface area contributed by atoms with E-state index in [1.807, 2.05) is 32.0 Å². The quantitative estimate of drug-likeness (QED) is 0.921. The number of halogens is 1. The minimum absolute atomic E-state index is 0.0580. The summed E-state index contributed by atoms with van der Waals surface area (Å²) in [6.07, 6.45) is 0. The van der Waals surface area contributed by atoms with Crippen LogP contribution in [-0.4, -0.2) is 36.0 Å². The van der Waals surface area contributed by atoms with Crippen LogP contribution in [0.15, 0.2) is 30.3 Å². The van der Waals surface area contributed by atoms with Crippen molar-refractivity contribution in [1.29, 1.82) is 0 Å². The molecule has 2 unspecified atom stereocenters. The summed E-state index contributed by atoms with van der Waals surface area (Å²) < 4.78 is 12.8. The van der Waals surface area contributed by atoms with E-state index in [0.29, 0.717) is 5.56 Å². The van der Waals surface area contributed by atoms with Gasteiger partial charge in [-0.05, 0) is 18.4 Å². The maximum Gasteiger partial charge on any atom is 0.253 e. The second kappa shape index (κ2) is 5.84. The number of rotatable bonds is 4. The van der Waals surface area contributed by atoms with Crippen LogP contribution >= 0.6 is 0 Å². The number of hydrogen-bond donors (Lipinski definition) is 1. The fourth-order valence-electron chi connectivity index (χ4n) is 2.89. The van der Waals surface area contributed by atoms with E-state index in [-0.39, 0.29) is 24.3 Å². The average molecular weight is 292 g/mol. The third kappa shape index (κ3) is 2.64. The minimum atomic E-state index is -1.14. The number of alkyl halides is 1. The summed E-state index contributed by atoms with van der Waals surface area (Å²) in [7, 11) is 0. The summed E-state index contributed by atoms with van der Waals surface area (Å²) in [5, 5.41) is 2.83. The van der Waals surface area contributed by atoms with Gasteiger partial charge in [-0.1, -0.05) is 44.2 Å². The summed E-state index contributed by atoms with van der Waals surface area (Å²) >= 11 is 0. The highest BCUT2D eigenvalue weighted by Crippen LogP contribution is 2.30. The Morgan fingerprint density at radius 3 is 2.43 bits per heavy atom. The van der Waals surface area contributed by atoms with Crippen LogP contribution in [0.25, 0.3) is 0 Å². The molecule has 1 aliphatic rings. The lowest BCUT2D eigenvalue weighted by molar-refractivity contribution is -0.156. The zero-order chi connectivity index (χ0) is 15.6. The molecule has 2 rings (SSSR count). The van der Waals surface area contributed by atoms with Gasteiger partial charge in [0.15, 0.2) is 0 Å². The average Bonchev–Trinajstić information content (AvgIpc) is 2.45. The van der Waals surface area contributed by atoms with Gasteiger partial charge in [-0.15, -0.1) is 0 Å². The zero-order valence-corrected chi connectivity index (χ0v) is 12.6. The van der Waals surface area contributed by atoms with Gasteiger partial charge in [0.05, 0.1) is 0 Å². The van der Waals surface area contributed by atoms with E-state index in [4.69, 9.17) is 0 Å². The second-order valence-corrected chi connectivity index (χ2v) is 5.86. The third-order valence-corrected chi connectivity index (χ3v) is 3.97. The van der Waals surface area contributed by atoms with Crippen molar-refractivity contribution in [2.24, 2.45) is 5.92 Å². The van der Waals surface area contributed by atoms with E-state index in [9.17, 15) is 14.0 Å². The van der Waals surface area contributed by atoms with Crippen molar-refractivity contribution in [3.05, 3.63) is 35.9 Å². The van der Waals surface area contributed by atoms with Crippen LogP contribution in [0.1, 0.15) is 26.3 Å². The van der Waals surface area contributed by atoms with Gasteiger partial charge < -0.3 is 10.2 Å². The number of piperazine rings is 1. The molecule has 1 aromatic rings. The number of amides is 2. The summed E-state index contributed by atoms with van der Waals surface area (Å²) in [6.45, 7) is 4.66. The number of carbonyl (C=O) groups is 2. The number of nitrogens with one attached hydrogen (secondary N) is 1. The smallest absolute Gasteiger partial charge is 0.253 e. The van der Waals surface area contributed by atoms with Gasteiger partial charge in [0, 0.05) is 6.54 Å². The first-order valence-electron chi connectivity index (χ1n) is 7.16. The van der Waals surface area contributed by atoms with Gasteiger partial charge >= 0.3 is 0 Å². The lowest BCUT2D eigenvalue weighted by Gasteiger charge is -2.45. The Labute approximate surface area is 124 Å². The molecule has 2 atom stereocenters. The molecule has 2 amide bonds. The Morgan fingerprint density at radius 2 is 1.90 bits per heavy atom. The first-order valence-corrected chi connectivity index (χ1v) is 7.16. The van der Waals surface area contributed by atoms with Crippen molar-refractivity contribution >= 4 is 11.8 Å². The Bertz CT molecular complexity index is 532. The second-order valence-electron chi connectivity index (χ2n) is 5.86. The molecule has 0 saturated carbocycles. The molecular formula is C16H21FN2O2. The lowest BCUT2D eigenvalue weighted by atomic mass is 9.85. The van der Waals surface area contributed by atoms with E-state index in [0.717, 1.165) is 0 Å². The Morgan fingerprint density at radius 1 is 1.29 bits per heavy atom. The van der Waals surface area contributed by atoms with Crippen LogP contribution in [0.5, 0.6) is 0 Å². The maximum absolute atomic E-state index is 12.8. The monoisotopic (exact) mass is 292 g/mol. The van der Waals surface area contributed by atoms with Crippen molar-refractivity contribution in [3.63, 3.8) is 0 Å². The summed E-state index contributed by atoms with van der Waals surface area (Å²) in [5.41, 5.74) is -0.437. The van der Waals surface area contributed by atoms with Gasteiger partial charge in [-0.25, -0.2) is 4.39 Å². The molecule has 1 N–H and O–H groups in total. The van der Waals surface area contributed by atoms with Crippen molar-refractivity contribution < 1.29 is 14.0 Å². The molecule has 1 aliphatic heterocycles. The van der Waals surface area contributed by atoms with Crippen LogP contribution in [0, 0.1) is 5.92 Å². The molecule has 1 saturated heterocycles. The van der Waals surface area contributed by atoms with E-state index >= 15 is 0 Å². The molecule has 1 heterocycles. The van der Waals surface area contributed by atoms with E-state index in [1.165, 1.54) is 4.90 Å². The largest absolute Gasteiger partial charge is 0.336 e. The van der Waals surface area contributed by atoms with Crippen LogP contribution in [-0.2, 0) is 15.1 Å². The summed E-state index contributed by atoms with van der Waals surface area (Å²) in [5.74, 6) is -0.560. The maximum atomic E-state index is 12.8. The number of hydrogen-bond acceptors (Lipinski definition) is 2. The molecule has 4 nitrogen and oxygen atoms in total. The summed E-state index contributed by atoms with van der Waals surface area (Å²) in [4.78, 5) is 26.6. The van der Waals surface area contributed by atoms with Crippen molar-refractivity contribution in [1.82, 2.24) is 10.2 Å². The minimum Gasteiger partial charge on any atom is -0.336 e. The van der Waals surface area contributed by atoms with E-state index < -0.39 is 18.3 Å². The molecule has 21 heavy (non-hydrogen) atoms. The Hall–Kier alpha value is -1.91. The molecule has 0 aliphatic carbocycles. The van der Waals surface area contributed by atoms with Crippen molar-refractivity contribution in [2.75, 3.05) is 13.2 Å². The Balaban J connectivity index is 2.43. The standard InChI is InChI=1S/C16H21FN2O2/c1-11(2)13-14(20)18-16(3,12-7-5-4-6-8-12)15(21)19(13)10-9-17/h4-8,11,13H,9-10H2,1-3H3,(H,18,20). The molecule has 0 aromatic heterocycles. The van der Waals surface area contributed by atoms with Crippen LogP contribution in [0.4, 0.5) is 4.39 Å².